The number of carbonyl (C=O) groups excluding carboxylic acids is 1. The highest BCUT2D eigenvalue weighted by atomic mass is 19.4. The second-order valence-electron chi connectivity index (χ2n) is 7.83. The van der Waals surface area contributed by atoms with Gasteiger partial charge in [-0.2, -0.15) is 13.2 Å². The summed E-state index contributed by atoms with van der Waals surface area (Å²) in [5.74, 6) is 1.12. The topological polar surface area (TPSA) is 49.3 Å². The van der Waals surface area contributed by atoms with Gasteiger partial charge in [0.15, 0.2) is 5.82 Å². The molecule has 30 heavy (non-hydrogen) atoms. The molecule has 1 aromatic heterocycles. The molecule has 0 saturated carbocycles. The van der Waals surface area contributed by atoms with Crippen LogP contribution < -0.4 is 4.90 Å². The minimum atomic E-state index is -4.42. The van der Waals surface area contributed by atoms with Gasteiger partial charge in [-0.25, -0.2) is 9.97 Å². The number of carbonyl (C=O) groups is 1. The fourth-order valence-corrected chi connectivity index (χ4v) is 3.72. The Bertz CT molecular complexity index is 919. The first-order chi connectivity index (χ1) is 14.1. The van der Waals surface area contributed by atoms with Crippen molar-refractivity contribution in [3.05, 3.63) is 41.1 Å². The quantitative estimate of drug-likeness (QED) is 0.739. The van der Waals surface area contributed by atoms with Gasteiger partial charge in [0.05, 0.1) is 5.56 Å². The van der Waals surface area contributed by atoms with Crippen molar-refractivity contribution in [2.24, 2.45) is 5.92 Å². The molecule has 0 bridgehead atoms. The zero-order valence-corrected chi connectivity index (χ0v) is 17.8. The second kappa shape index (κ2) is 8.62. The lowest BCUT2D eigenvalue weighted by Crippen LogP contribution is -2.50. The number of nitrogens with zero attached hydrogens (tertiary/aromatic N) is 4. The summed E-state index contributed by atoms with van der Waals surface area (Å²) in [6.45, 7) is 10.1. The first kappa shape index (κ1) is 22.1. The lowest BCUT2D eigenvalue weighted by Gasteiger charge is -2.37. The van der Waals surface area contributed by atoms with E-state index in [0.717, 1.165) is 35.6 Å². The Morgan fingerprint density at radius 1 is 1.13 bits per heavy atom. The number of piperazine rings is 1. The Morgan fingerprint density at radius 3 is 2.37 bits per heavy atom. The van der Waals surface area contributed by atoms with Gasteiger partial charge < -0.3 is 9.80 Å². The number of alkyl halides is 3. The largest absolute Gasteiger partial charge is 0.416 e. The van der Waals surface area contributed by atoms with E-state index < -0.39 is 11.7 Å². The molecular formula is C22H27F3N4O. The van der Waals surface area contributed by atoms with Gasteiger partial charge in [0.25, 0.3) is 0 Å². The molecule has 1 amide bonds. The van der Waals surface area contributed by atoms with Crippen LogP contribution in [0.4, 0.5) is 19.0 Å². The number of anilines is 1. The van der Waals surface area contributed by atoms with Crippen LogP contribution in [0, 0.1) is 12.8 Å². The third-order valence-corrected chi connectivity index (χ3v) is 5.38. The molecule has 5 nitrogen and oxygen atoms in total. The maximum absolute atomic E-state index is 13.1. The molecule has 2 aromatic rings. The van der Waals surface area contributed by atoms with Gasteiger partial charge in [-0.05, 0) is 25.5 Å². The minimum absolute atomic E-state index is 0.0449. The zero-order chi connectivity index (χ0) is 22.1. The molecule has 1 aliphatic heterocycles. The third kappa shape index (κ3) is 4.57. The molecule has 0 unspecified atom stereocenters. The summed E-state index contributed by atoms with van der Waals surface area (Å²) in [6, 6.07) is 5.10. The summed E-state index contributed by atoms with van der Waals surface area (Å²) >= 11 is 0. The average molecular weight is 420 g/mol. The Balaban J connectivity index is 1.93. The highest BCUT2D eigenvalue weighted by Gasteiger charge is 2.31. The Hall–Kier alpha value is -2.64. The Morgan fingerprint density at radius 2 is 1.80 bits per heavy atom. The molecule has 8 heteroatoms. The van der Waals surface area contributed by atoms with Crippen molar-refractivity contribution >= 4 is 11.7 Å². The van der Waals surface area contributed by atoms with E-state index in [2.05, 4.69) is 14.9 Å². The molecule has 0 aliphatic carbocycles. The van der Waals surface area contributed by atoms with Crippen molar-refractivity contribution in [3.8, 4) is 11.4 Å². The van der Waals surface area contributed by atoms with Crippen molar-refractivity contribution in [1.82, 2.24) is 14.9 Å². The Labute approximate surface area is 174 Å². The zero-order valence-electron chi connectivity index (χ0n) is 17.8. The summed E-state index contributed by atoms with van der Waals surface area (Å²) in [7, 11) is 0. The predicted octanol–water partition coefficient (Wildman–Crippen LogP) is 4.34. The summed E-state index contributed by atoms with van der Waals surface area (Å²) in [6.07, 6.45) is -3.70. The van der Waals surface area contributed by atoms with Crippen LogP contribution in [0.2, 0.25) is 0 Å². The smallest absolute Gasteiger partial charge is 0.353 e. The van der Waals surface area contributed by atoms with Crippen LogP contribution in [-0.4, -0.2) is 47.0 Å². The number of aryl methyl sites for hydroxylation is 1. The van der Waals surface area contributed by atoms with Crippen molar-refractivity contribution in [2.45, 2.75) is 40.3 Å². The summed E-state index contributed by atoms with van der Waals surface area (Å²) in [5.41, 5.74) is 1.36. The Kier molecular flexibility index (Phi) is 6.33. The van der Waals surface area contributed by atoms with Gasteiger partial charge in [0.1, 0.15) is 5.82 Å². The molecule has 0 N–H and O–H groups in total. The molecule has 3 rings (SSSR count). The molecule has 1 aliphatic rings. The van der Waals surface area contributed by atoms with E-state index in [0.29, 0.717) is 31.7 Å². The molecule has 1 aromatic carbocycles. The minimum Gasteiger partial charge on any atom is -0.353 e. The molecule has 1 saturated heterocycles. The number of amides is 1. The van der Waals surface area contributed by atoms with Crippen LogP contribution in [0.5, 0.6) is 0 Å². The monoisotopic (exact) mass is 420 g/mol. The molecule has 2 heterocycles. The van der Waals surface area contributed by atoms with Crippen LogP contribution in [0.25, 0.3) is 11.4 Å². The van der Waals surface area contributed by atoms with Crippen LogP contribution in [0.3, 0.4) is 0 Å². The fraction of sp³-hybridized carbons (Fsp3) is 0.500. The molecule has 1 fully saturated rings. The normalized spacial score (nSPS) is 15.1. The summed E-state index contributed by atoms with van der Waals surface area (Å²) in [4.78, 5) is 25.4. The van der Waals surface area contributed by atoms with Crippen LogP contribution in [0.15, 0.2) is 24.3 Å². The maximum Gasteiger partial charge on any atom is 0.416 e. The van der Waals surface area contributed by atoms with Crippen molar-refractivity contribution < 1.29 is 18.0 Å². The SMILES string of the molecule is CCc1c(C)nc(-c2cccc(C(F)(F)F)c2)nc1N1CCN(C(=O)C(C)C)CC1. The number of hydrogen-bond acceptors (Lipinski definition) is 4. The van der Waals surface area contributed by atoms with E-state index >= 15 is 0 Å². The average Bonchev–Trinajstić information content (AvgIpc) is 2.72. The van der Waals surface area contributed by atoms with E-state index in [1.807, 2.05) is 32.6 Å². The number of aromatic nitrogens is 2. The van der Waals surface area contributed by atoms with Gasteiger partial charge in [-0.15, -0.1) is 0 Å². The third-order valence-electron chi connectivity index (χ3n) is 5.38. The van der Waals surface area contributed by atoms with E-state index in [1.165, 1.54) is 6.07 Å². The highest BCUT2D eigenvalue weighted by Crippen LogP contribution is 2.32. The molecule has 0 atom stereocenters. The van der Waals surface area contributed by atoms with E-state index in [1.54, 1.807) is 6.07 Å². The number of halogens is 3. The van der Waals surface area contributed by atoms with E-state index in [9.17, 15) is 18.0 Å². The lowest BCUT2D eigenvalue weighted by molar-refractivity contribution is -0.137. The second-order valence-corrected chi connectivity index (χ2v) is 7.83. The van der Waals surface area contributed by atoms with Crippen molar-refractivity contribution in [1.29, 1.82) is 0 Å². The number of rotatable bonds is 4. The first-order valence-electron chi connectivity index (χ1n) is 10.2. The molecule has 0 radical (unpaired) electrons. The predicted molar refractivity (Wildman–Crippen MR) is 110 cm³/mol. The molecule has 0 spiro atoms. The lowest BCUT2D eigenvalue weighted by atomic mass is 10.1. The fourth-order valence-electron chi connectivity index (χ4n) is 3.72. The molecule has 162 valence electrons. The van der Waals surface area contributed by atoms with E-state index in [4.69, 9.17) is 0 Å². The van der Waals surface area contributed by atoms with Gasteiger partial charge >= 0.3 is 6.18 Å². The number of hydrogen-bond donors (Lipinski definition) is 0. The van der Waals surface area contributed by atoms with E-state index in [-0.39, 0.29) is 17.6 Å². The van der Waals surface area contributed by atoms with Gasteiger partial charge in [0.2, 0.25) is 5.91 Å². The maximum atomic E-state index is 13.1. The standard InChI is InChI=1S/C22H27F3N4O/c1-5-18-15(4)26-19(16-7-6-8-17(13-16)22(23,24)25)27-20(18)28-9-11-29(12-10-28)21(30)14(2)3/h6-8,13-14H,5,9-12H2,1-4H3. The van der Waals surface area contributed by atoms with Crippen molar-refractivity contribution in [2.75, 3.05) is 31.1 Å². The van der Waals surface area contributed by atoms with Crippen LogP contribution >= 0.6 is 0 Å². The summed E-state index contributed by atoms with van der Waals surface area (Å²) in [5, 5.41) is 0. The van der Waals surface area contributed by atoms with Gasteiger partial charge in [-0.3, -0.25) is 4.79 Å². The van der Waals surface area contributed by atoms with Crippen LogP contribution in [0.1, 0.15) is 37.6 Å². The van der Waals surface area contributed by atoms with Crippen molar-refractivity contribution in [3.63, 3.8) is 0 Å². The first-order valence-corrected chi connectivity index (χ1v) is 10.2. The highest BCUT2D eigenvalue weighted by molar-refractivity contribution is 5.78. The number of benzene rings is 1. The van der Waals surface area contributed by atoms with Gasteiger partial charge in [0, 0.05) is 48.9 Å². The van der Waals surface area contributed by atoms with Crippen LogP contribution in [-0.2, 0) is 17.4 Å². The van der Waals surface area contributed by atoms with Gasteiger partial charge in [-0.1, -0.05) is 32.9 Å². The summed E-state index contributed by atoms with van der Waals surface area (Å²) < 4.78 is 39.4. The molecular weight excluding hydrogens is 393 g/mol.